The van der Waals surface area contributed by atoms with Crippen LogP contribution in [0, 0.1) is 0 Å². The van der Waals surface area contributed by atoms with Crippen molar-refractivity contribution >= 4 is 28.8 Å². The number of amides is 2. The molecule has 1 N–H and O–H groups in total. The molecule has 1 aromatic heterocycles. The molecule has 0 aliphatic carbocycles. The molecule has 1 saturated heterocycles. The topological polar surface area (TPSA) is 95.6 Å². The van der Waals surface area contributed by atoms with Gasteiger partial charge in [0, 0.05) is 44.2 Å². The summed E-state index contributed by atoms with van der Waals surface area (Å²) in [6, 6.07) is 11.9. The first-order valence-corrected chi connectivity index (χ1v) is 9.31. The van der Waals surface area contributed by atoms with E-state index in [9.17, 15) is 14.4 Å². The monoisotopic (exact) mass is 392 g/mol. The van der Waals surface area contributed by atoms with Crippen LogP contribution < -0.4 is 4.74 Å². The number of rotatable bonds is 3. The SMILES string of the molecule is CC(=O)Oc1cccc(C(=O)N2CCN(C(=O)c3ccc4nc[nH]c4c3)CC2)c1. The van der Waals surface area contributed by atoms with Crippen molar-refractivity contribution in [2.24, 2.45) is 0 Å². The van der Waals surface area contributed by atoms with E-state index in [0.29, 0.717) is 43.1 Å². The molecule has 1 aliphatic heterocycles. The molecule has 2 amide bonds. The number of aromatic amines is 1. The number of carbonyl (C=O) groups is 3. The van der Waals surface area contributed by atoms with Crippen LogP contribution >= 0.6 is 0 Å². The Kier molecular flexibility index (Phi) is 4.99. The average Bonchev–Trinajstić information content (AvgIpc) is 3.20. The summed E-state index contributed by atoms with van der Waals surface area (Å²) >= 11 is 0. The van der Waals surface area contributed by atoms with E-state index in [1.807, 2.05) is 6.07 Å². The number of piperazine rings is 1. The van der Waals surface area contributed by atoms with Gasteiger partial charge in [0.2, 0.25) is 0 Å². The highest BCUT2D eigenvalue weighted by molar-refractivity contribution is 5.98. The highest BCUT2D eigenvalue weighted by Crippen LogP contribution is 2.18. The first-order chi connectivity index (χ1) is 14.0. The van der Waals surface area contributed by atoms with Gasteiger partial charge in [0.05, 0.1) is 17.4 Å². The van der Waals surface area contributed by atoms with Gasteiger partial charge in [-0.3, -0.25) is 14.4 Å². The van der Waals surface area contributed by atoms with E-state index in [1.165, 1.54) is 6.92 Å². The molecule has 2 aromatic carbocycles. The van der Waals surface area contributed by atoms with E-state index >= 15 is 0 Å². The van der Waals surface area contributed by atoms with Crippen molar-refractivity contribution in [3.05, 3.63) is 59.9 Å². The molecule has 0 bridgehead atoms. The molecule has 1 aliphatic rings. The van der Waals surface area contributed by atoms with E-state index < -0.39 is 5.97 Å². The summed E-state index contributed by atoms with van der Waals surface area (Å²) in [6.45, 7) is 3.10. The van der Waals surface area contributed by atoms with Gasteiger partial charge in [0.25, 0.3) is 11.8 Å². The number of hydrogen-bond donors (Lipinski definition) is 1. The molecule has 0 atom stereocenters. The van der Waals surface area contributed by atoms with E-state index in [-0.39, 0.29) is 11.8 Å². The number of H-pyrrole nitrogens is 1. The van der Waals surface area contributed by atoms with Crippen LogP contribution in [0.15, 0.2) is 48.8 Å². The zero-order chi connectivity index (χ0) is 20.4. The molecule has 0 radical (unpaired) electrons. The van der Waals surface area contributed by atoms with Crippen molar-refractivity contribution in [3.63, 3.8) is 0 Å². The maximum absolute atomic E-state index is 12.8. The molecule has 4 rings (SSSR count). The fourth-order valence-corrected chi connectivity index (χ4v) is 3.40. The maximum Gasteiger partial charge on any atom is 0.308 e. The Labute approximate surface area is 167 Å². The number of fused-ring (bicyclic) bond motifs is 1. The Hall–Kier alpha value is -3.68. The zero-order valence-corrected chi connectivity index (χ0v) is 15.9. The normalized spacial score (nSPS) is 14.1. The van der Waals surface area contributed by atoms with Gasteiger partial charge in [-0.05, 0) is 36.4 Å². The van der Waals surface area contributed by atoms with Crippen molar-refractivity contribution in [2.75, 3.05) is 26.2 Å². The van der Waals surface area contributed by atoms with Gasteiger partial charge < -0.3 is 19.5 Å². The Morgan fingerprint density at radius 3 is 2.24 bits per heavy atom. The van der Waals surface area contributed by atoms with E-state index in [0.717, 1.165) is 11.0 Å². The van der Waals surface area contributed by atoms with E-state index in [1.54, 1.807) is 52.5 Å². The second-order valence-corrected chi connectivity index (χ2v) is 6.84. The van der Waals surface area contributed by atoms with Gasteiger partial charge in [-0.1, -0.05) is 6.07 Å². The summed E-state index contributed by atoms with van der Waals surface area (Å²) in [5, 5.41) is 0. The molecule has 2 heterocycles. The number of imidazole rings is 1. The first kappa shape index (κ1) is 18.7. The summed E-state index contributed by atoms with van der Waals surface area (Å²) in [5.74, 6) is -0.308. The second-order valence-electron chi connectivity index (χ2n) is 6.84. The first-order valence-electron chi connectivity index (χ1n) is 9.31. The quantitative estimate of drug-likeness (QED) is 0.544. The number of ether oxygens (including phenoxy) is 1. The highest BCUT2D eigenvalue weighted by atomic mass is 16.5. The lowest BCUT2D eigenvalue weighted by atomic mass is 10.1. The molecular weight excluding hydrogens is 372 g/mol. The van der Waals surface area contributed by atoms with Gasteiger partial charge in [-0.2, -0.15) is 0 Å². The largest absolute Gasteiger partial charge is 0.427 e. The van der Waals surface area contributed by atoms with Crippen LogP contribution in [0.2, 0.25) is 0 Å². The van der Waals surface area contributed by atoms with Crippen molar-refractivity contribution in [3.8, 4) is 5.75 Å². The van der Waals surface area contributed by atoms with Crippen LogP contribution in [0.1, 0.15) is 27.6 Å². The summed E-state index contributed by atoms with van der Waals surface area (Å²) < 4.78 is 5.05. The molecule has 148 valence electrons. The van der Waals surface area contributed by atoms with Crippen LogP contribution in [-0.2, 0) is 4.79 Å². The van der Waals surface area contributed by atoms with E-state index in [4.69, 9.17) is 4.74 Å². The number of nitrogens with one attached hydrogen (secondary N) is 1. The Morgan fingerprint density at radius 1 is 0.931 bits per heavy atom. The average molecular weight is 392 g/mol. The Balaban J connectivity index is 1.40. The number of carbonyl (C=O) groups excluding carboxylic acids is 3. The number of benzene rings is 2. The van der Waals surface area contributed by atoms with Crippen LogP contribution in [0.5, 0.6) is 5.75 Å². The molecule has 29 heavy (non-hydrogen) atoms. The smallest absolute Gasteiger partial charge is 0.308 e. The minimum Gasteiger partial charge on any atom is -0.427 e. The number of nitrogens with zero attached hydrogens (tertiary/aromatic N) is 3. The van der Waals surface area contributed by atoms with Gasteiger partial charge in [-0.15, -0.1) is 0 Å². The zero-order valence-electron chi connectivity index (χ0n) is 15.9. The van der Waals surface area contributed by atoms with Crippen LogP contribution in [0.25, 0.3) is 11.0 Å². The highest BCUT2D eigenvalue weighted by Gasteiger charge is 2.26. The van der Waals surface area contributed by atoms with Crippen molar-refractivity contribution < 1.29 is 19.1 Å². The van der Waals surface area contributed by atoms with Crippen molar-refractivity contribution in [1.82, 2.24) is 19.8 Å². The third kappa shape index (κ3) is 3.96. The van der Waals surface area contributed by atoms with Gasteiger partial charge in [0.1, 0.15) is 5.75 Å². The molecule has 1 fully saturated rings. The van der Waals surface area contributed by atoms with Gasteiger partial charge in [-0.25, -0.2) is 4.98 Å². The van der Waals surface area contributed by atoms with Crippen molar-refractivity contribution in [1.29, 1.82) is 0 Å². The summed E-state index contributed by atoms with van der Waals surface area (Å²) in [5.41, 5.74) is 2.68. The third-order valence-electron chi connectivity index (χ3n) is 4.86. The Morgan fingerprint density at radius 2 is 1.59 bits per heavy atom. The fraction of sp³-hybridized carbons (Fsp3) is 0.238. The lowest BCUT2D eigenvalue weighted by molar-refractivity contribution is -0.131. The number of aromatic nitrogens is 2. The number of hydrogen-bond acceptors (Lipinski definition) is 5. The molecule has 8 nitrogen and oxygen atoms in total. The predicted molar refractivity (Wildman–Crippen MR) is 106 cm³/mol. The summed E-state index contributed by atoms with van der Waals surface area (Å²) in [4.78, 5) is 47.3. The molecular formula is C21H20N4O4. The molecule has 0 saturated carbocycles. The minimum atomic E-state index is -0.435. The predicted octanol–water partition coefficient (Wildman–Crippen LogP) is 2.09. The standard InChI is InChI=1S/C21H20N4O4/c1-14(26)29-17-4-2-3-15(11-17)20(27)24-7-9-25(10-8-24)21(28)16-5-6-18-19(12-16)23-13-22-18/h2-6,11-13H,7-10H2,1H3,(H,22,23). The van der Waals surface area contributed by atoms with E-state index in [2.05, 4.69) is 9.97 Å². The van der Waals surface area contributed by atoms with Gasteiger partial charge in [0.15, 0.2) is 0 Å². The van der Waals surface area contributed by atoms with Crippen LogP contribution in [0.4, 0.5) is 0 Å². The lowest BCUT2D eigenvalue weighted by Gasteiger charge is -2.35. The number of esters is 1. The lowest BCUT2D eigenvalue weighted by Crippen LogP contribution is -2.50. The van der Waals surface area contributed by atoms with Crippen LogP contribution in [-0.4, -0.2) is 63.7 Å². The molecule has 0 spiro atoms. The molecule has 3 aromatic rings. The summed E-state index contributed by atoms with van der Waals surface area (Å²) in [6.07, 6.45) is 1.60. The minimum absolute atomic E-state index is 0.0644. The van der Waals surface area contributed by atoms with Gasteiger partial charge >= 0.3 is 5.97 Å². The second kappa shape index (κ2) is 7.75. The van der Waals surface area contributed by atoms with Crippen LogP contribution in [0.3, 0.4) is 0 Å². The fourth-order valence-electron chi connectivity index (χ4n) is 3.40. The Bertz CT molecular complexity index is 1080. The third-order valence-corrected chi connectivity index (χ3v) is 4.86. The molecule has 8 heteroatoms. The maximum atomic E-state index is 12.8. The molecule has 0 unspecified atom stereocenters. The summed E-state index contributed by atoms with van der Waals surface area (Å²) in [7, 11) is 0. The van der Waals surface area contributed by atoms with Crippen molar-refractivity contribution in [2.45, 2.75) is 6.92 Å².